The summed E-state index contributed by atoms with van der Waals surface area (Å²) in [5, 5.41) is 0. The van der Waals surface area contributed by atoms with Crippen molar-refractivity contribution in [3.63, 3.8) is 0 Å². The van der Waals surface area contributed by atoms with Crippen molar-refractivity contribution in [2.24, 2.45) is 11.8 Å². The maximum absolute atomic E-state index is 13.4. The van der Waals surface area contributed by atoms with Crippen LogP contribution in [0.2, 0.25) is 0 Å². The second-order valence-corrected chi connectivity index (χ2v) is 6.49. The van der Waals surface area contributed by atoms with Crippen LogP contribution in [0.25, 0.3) is 0 Å². The van der Waals surface area contributed by atoms with Crippen molar-refractivity contribution in [1.29, 1.82) is 0 Å². The smallest absolute Gasteiger partial charge is 0.353 e. The van der Waals surface area contributed by atoms with Gasteiger partial charge in [-0.15, -0.1) is 0 Å². The largest absolute Gasteiger partial charge is 0.496 e. The van der Waals surface area contributed by atoms with E-state index in [4.69, 9.17) is 24.0 Å². The molecule has 0 aromatic heterocycles. The standard InChI is InChI=1S/C20H28O7/c1-23-12-13-26-27-20(22)17(14-8-5-4-6-9-14)19(21)18-15(24-2)10-7-11-16(18)25-3/h7,10-11,14,17H,4-6,8-9,12-13H2,1-3H3. The molecule has 1 fully saturated rings. The van der Waals surface area contributed by atoms with Gasteiger partial charge >= 0.3 is 5.97 Å². The third kappa shape index (κ3) is 5.43. The van der Waals surface area contributed by atoms with Crippen molar-refractivity contribution in [2.75, 3.05) is 34.5 Å². The molecule has 1 aromatic carbocycles. The van der Waals surface area contributed by atoms with Gasteiger partial charge in [0.15, 0.2) is 5.78 Å². The summed E-state index contributed by atoms with van der Waals surface area (Å²) in [5.41, 5.74) is 0.256. The van der Waals surface area contributed by atoms with Crippen molar-refractivity contribution >= 4 is 11.8 Å². The maximum Gasteiger partial charge on any atom is 0.353 e. The fraction of sp³-hybridized carbons (Fsp3) is 0.600. The van der Waals surface area contributed by atoms with Gasteiger partial charge in [0.05, 0.1) is 20.8 Å². The zero-order valence-electron chi connectivity index (χ0n) is 16.2. The molecular weight excluding hydrogens is 352 g/mol. The molecule has 0 heterocycles. The zero-order chi connectivity index (χ0) is 19.6. The highest BCUT2D eigenvalue weighted by atomic mass is 17.2. The van der Waals surface area contributed by atoms with Gasteiger partial charge < -0.3 is 14.2 Å². The van der Waals surface area contributed by atoms with Crippen LogP contribution in [-0.4, -0.2) is 46.3 Å². The lowest BCUT2D eigenvalue weighted by Gasteiger charge is -2.28. The van der Waals surface area contributed by atoms with E-state index in [1.165, 1.54) is 21.3 Å². The molecule has 0 N–H and O–H groups in total. The van der Waals surface area contributed by atoms with Crippen molar-refractivity contribution in [3.05, 3.63) is 23.8 Å². The van der Waals surface area contributed by atoms with E-state index in [1.54, 1.807) is 18.2 Å². The van der Waals surface area contributed by atoms with Crippen molar-refractivity contribution in [1.82, 2.24) is 0 Å². The molecule has 1 aliphatic carbocycles. The maximum atomic E-state index is 13.4. The first-order chi connectivity index (χ1) is 13.1. The van der Waals surface area contributed by atoms with Crippen LogP contribution in [0, 0.1) is 11.8 Å². The van der Waals surface area contributed by atoms with Gasteiger partial charge in [-0.05, 0) is 30.9 Å². The minimum atomic E-state index is -0.960. The van der Waals surface area contributed by atoms with Crippen LogP contribution in [0.4, 0.5) is 0 Å². The molecule has 7 heteroatoms. The summed E-state index contributed by atoms with van der Waals surface area (Å²) < 4.78 is 15.5. The molecule has 1 unspecified atom stereocenters. The molecule has 1 atom stereocenters. The fourth-order valence-electron chi connectivity index (χ4n) is 3.50. The summed E-state index contributed by atoms with van der Waals surface area (Å²) in [6, 6.07) is 5.08. The molecule has 0 bridgehead atoms. The highest BCUT2D eigenvalue weighted by Gasteiger charge is 2.40. The van der Waals surface area contributed by atoms with Gasteiger partial charge in [-0.1, -0.05) is 25.3 Å². The second-order valence-electron chi connectivity index (χ2n) is 6.49. The first kappa shape index (κ1) is 21.2. The van der Waals surface area contributed by atoms with Crippen LogP contribution in [-0.2, 0) is 19.3 Å². The lowest BCUT2D eigenvalue weighted by molar-refractivity contribution is -0.279. The molecular formula is C20H28O7. The number of methoxy groups -OCH3 is 3. The Bertz CT molecular complexity index is 601. The van der Waals surface area contributed by atoms with Gasteiger partial charge in [0.25, 0.3) is 0 Å². The fourth-order valence-corrected chi connectivity index (χ4v) is 3.50. The van der Waals surface area contributed by atoms with E-state index < -0.39 is 11.9 Å². The summed E-state index contributed by atoms with van der Waals surface area (Å²) in [4.78, 5) is 36.0. The summed E-state index contributed by atoms with van der Waals surface area (Å²) in [6.45, 7) is 0.390. The first-order valence-corrected chi connectivity index (χ1v) is 9.21. The lowest BCUT2D eigenvalue weighted by Crippen LogP contribution is -2.35. The van der Waals surface area contributed by atoms with E-state index in [9.17, 15) is 9.59 Å². The molecule has 0 spiro atoms. The topological polar surface area (TPSA) is 80.3 Å². The van der Waals surface area contributed by atoms with E-state index in [0.717, 1.165) is 32.1 Å². The highest BCUT2D eigenvalue weighted by Crippen LogP contribution is 2.37. The predicted octanol–water partition coefficient (Wildman–Crippen LogP) is 3.20. The van der Waals surface area contributed by atoms with Crippen LogP contribution in [0.5, 0.6) is 11.5 Å². The number of ether oxygens (including phenoxy) is 3. The van der Waals surface area contributed by atoms with E-state index in [-0.39, 0.29) is 30.5 Å². The van der Waals surface area contributed by atoms with Gasteiger partial charge in [0.2, 0.25) is 0 Å². The molecule has 0 radical (unpaired) electrons. The molecule has 0 aliphatic heterocycles. The Labute approximate surface area is 159 Å². The monoisotopic (exact) mass is 380 g/mol. The average Bonchev–Trinajstić information content (AvgIpc) is 2.71. The molecule has 2 rings (SSSR count). The predicted molar refractivity (Wildman–Crippen MR) is 97.9 cm³/mol. The summed E-state index contributed by atoms with van der Waals surface area (Å²) in [7, 11) is 4.48. The second kappa shape index (κ2) is 10.9. The Hall–Kier alpha value is -2.12. The number of carbonyl (C=O) groups is 2. The molecule has 27 heavy (non-hydrogen) atoms. The number of Topliss-reactive ketones (excluding diaryl/α,β-unsaturated/α-hetero) is 1. The minimum Gasteiger partial charge on any atom is -0.496 e. The average molecular weight is 380 g/mol. The first-order valence-electron chi connectivity index (χ1n) is 9.21. The Morgan fingerprint density at radius 1 is 1.00 bits per heavy atom. The van der Waals surface area contributed by atoms with Crippen LogP contribution in [0.3, 0.4) is 0 Å². The molecule has 7 nitrogen and oxygen atoms in total. The van der Waals surface area contributed by atoms with Gasteiger partial charge in [-0.25, -0.2) is 4.79 Å². The van der Waals surface area contributed by atoms with Crippen LogP contribution >= 0.6 is 0 Å². The van der Waals surface area contributed by atoms with Gasteiger partial charge in [0.1, 0.15) is 29.6 Å². The number of hydrogen-bond donors (Lipinski definition) is 0. The van der Waals surface area contributed by atoms with Crippen LogP contribution in [0.15, 0.2) is 18.2 Å². The van der Waals surface area contributed by atoms with E-state index in [0.29, 0.717) is 11.5 Å². The SMILES string of the molecule is COCCOOC(=O)C(C(=O)c1c(OC)cccc1OC)C1CCCCC1. The van der Waals surface area contributed by atoms with E-state index in [2.05, 4.69) is 0 Å². The third-order valence-corrected chi connectivity index (χ3v) is 4.84. The van der Waals surface area contributed by atoms with Crippen molar-refractivity contribution in [3.8, 4) is 11.5 Å². The molecule has 150 valence electrons. The molecule has 1 aromatic rings. The van der Waals surface area contributed by atoms with Crippen LogP contribution in [0.1, 0.15) is 42.5 Å². The van der Waals surface area contributed by atoms with Crippen molar-refractivity contribution in [2.45, 2.75) is 32.1 Å². The normalized spacial score (nSPS) is 15.8. The van der Waals surface area contributed by atoms with Gasteiger partial charge in [0, 0.05) is 7.11 Å². The molecule has 1 aliphatic rings. The Morgan fingerprint density at radius 2 is 1.63 bits per heavy atom. The molecule has 0 saturated heterocycles. The quantitative estimate of drug-likeness (QED) is 0.203. The summed E-state index contributed by atoms with van der Waals surface area (Å²) >= 11 is 0. The summed E-state index contributed by atoms with van der Waals surface area (Å²) in [5.74, 6) is -1.37. The number of hydrogen-bond acceptors (Lipinski definition) is 7. The molecule has 1 saturated carbocycles. The van der Waals surface area contributed by atoms with Gasteiger partial charge in [-0.2, -0.15) is 4.89 Å². The Kier molecular flexibility index (Phi) is 8.54. The highest BCUT2D eigenvalue weighted by molar-refractivity contribution is 6.11. The number of carbonyl (C=O) groups excluding carboxylic acids is 2. The number of rotatable bonds is 10. The summed E-state index contributed by atoms with van der Waals surface area (Å²) in [6.07, 6.45) is 4.65. The Morgan fingerprint density at radius 3 is 2.19 bits per heavy atom. The van der Waals surface area contributed by atoms with Crippen LogP contribution < -0.4 is 9.47 Å². The minimum absolute atomic E-state index is 0.0978. The number of benzene rings is 1. The Balaban J connectivity index is 2.29. The van der Waals surface area contributed by atoms with E-state index in [1.807, 2.05) is 0 Å². The third-order valence-electron chi connectivity index (χ3n) is 4.84. The lowest BCUT2D eigenvalue weighted by atomic mass is 9.76. The van der Waals surface area contributed by atoms with E-state index >= 15 is 0 Å². The number of ketones is 1. The van der Waals surface area contributed by atoms with Gasteiger partial charge in [-0.3, -0.25) is 9.68 Å². The zero-order valence-corrected chi connectivity index (χ0v) is 16.2. The molecule has 0 amide bonds. The van der Waals surface area contributed by atoms with Crippen molar-refractivity contribution < 1.29 is 33.6 Å².